The normalized spacial score (nSPS) is 11.9. The summed E-state index contributed by atoms with van der Waals surface area (Å²) in [7, 11) is 0. The van der Waals surface area contributed by atoms with Crippen molar-refractivity contribution < 1.29 is 0 Å². The molecule has 0 N–H and O–H groups in total. The number of nitrogens with zero attached hydrogens (tertiary/aromatic N) is 5. The summed E-state index contributed by atoms with van der Waals surface area (Å²) in [6.45, 7) is 11.9. The smallest absolute Gasteiger partial charge is 0.124 e. The Morgan fingerprint density at radius 3 is 1.05 bits per heavy atom. The van der Waals surface area contributed by atoms with Crippen molar-refractivity contribution in [3.8, 4) is 20.9 Å². The van der Waals surface area contributed by atoms with Crippen LogP contribution in [0.2, 0.25) is 0 Å². The molecule has 0 aliphatic carbocycles. The third-order valence-electron chi connectivity index (χ3n) is 13.2. The van der Waals surface area contributed by atoms with Crippen LogP contribution in [0.4, 0.5) is 0 Å². The fraction of sp³-hybridized carbons (Fsp3) is 0.704. The quantitative estimate of drug-likeness (QED) is 0.0380. The Hall–Kier alpha value is -1.68. The highest BCUT2D eigenvalue weighted by Gasteiger charge is 2.27. The van der Waals surface area contributed by atoms with Crippen LogP contribution in [0.1, 0.15) is 236 Å². The molecule has 0 spiro atoms. The van der Waals surface area contributed by atoms with E-state index in [1.807, 2.05) is 27.5 Å². The Balaban J connectivity index is 1.37. The Labute approximate surface area is 408 Å². The summed E-state index contributed by atoms with van der Waals surface area (Å²) in [5.74, 6) is 0. The van der Waals surface area contributed by atoms with Crippen molar-refractivity contribution in [3.63, 3.8) is 0 Å². The molecule has 63 heavy (non-hydrogen) atoms. The minimum absolute atomic E-state index is 0.829. The molecule has 0 atom stereocenters. The largest absolute Gasteiger partial charge is 0.249 e. The van der Waals surface area contributed by atoms with Crippen LogP contribution in [0, 0.1) is 13.8 Å². The summed E-state index contributed by atoms with van der Waals surface area (Å²) < 4.78 is 2.46. The topological polar surface area (TPSA) is 56.5 Å². The van der Waals surface area contributed by atoms with Crippen molar-refractivity contribution >= 4 is 76.6 Å². The van der Waals surface area contributed by atoms with Gasteiger partial charge >= 0.3 is 0 Å². The monoisotopic (exact) mass is 1020 g/mol. The summed E-state index contributed by atoms with van der Waals surface area (Å²) in [6, 6.07) is 4.83. The molecular formula is C54H83Br2N5S2. The summed E-state index contributed by atoms with van der Waals surface area (Å²) in [5.41, 5.74) is 10.7. The molecule has 0 amide bonds. The summed E-state index contributed by atoms with van der Waals surface area (Å²) in [4.78, 5) is 15.2. The number of rotatable bonds is 35. The zero-order valence-electron chi connectivity index (χ0n) is 40.3. The van der Waals surface area contributed by atoms with Crippen molar-refractivity contribution in [3.05, 3.63) is 42.2 Å². The lowest BCUT2D eigenvalue weighted by molar-refractivity contribution is 0.483. The van der Waals surface area contributed by atoms with Crippen LogP contribution >= 0.6 is 54.5 Å². The zero-order chi connectivity index (χ0) is 44.7. The van der Waals surface area contributed by atoms with Gasteiger partial charge in [-0.1, -0.05) is 194 Å². The number of aryl methyl sites for hydroxylation is 5. The second-order valence-corrected chi connectivity index (χ2v) is 23.4. The molecule has 0 bridgehead atoms. The van der Waals surface area contributed by atoms with Gasteiger partial charge in [0.05, 0.1) is 25.5 Å². The fourth-order valence-electron chi connectivity index (χ4n) is 9.17. The number of hydrogen-bond acceptors (Lipinski definition) is 6. The van der Waals surface area contributed by atoms with E-state index >= 15 is 0 Å². The highest BCUT2D eigenvalue weighted by atomic mass is 79.9. The zero-order valence-corrected chi connectivity index (χ0v) is 45.1. The first-order valence-electron chi connectivity index (χ1n) is 26.0. The predicted octanol–water partition coefficient (Wildman–Crippen LogP) is 19.8. The highest BCUT2D eigenvalue weighted by molar-refractivity contribution is 9.11. The molecule has 1 aromatic carbocycles. The van der Waals surface area contributed by atoms with Gasteiger partial charge in [0.2, 0.25) is 0 Å². The lowest BCUT2D eigenvalue weighted by Gasteiger charge is -2.11. The predicted molar refractivity (Wildman–Crippen MR) is 285 cm³/mol. The van der Waals surface area contributed by atoms with E-state index in [1.165, 1.54) is 215 Å². The van der Waals surface area contributed by atoms with Crippen LogP contribution in [0.25, 0.3) is 42.9 Å². The first kappa shape index (κ1) is 52.3. The Bertz CT molecular complexity index is 1920. The van der Waals surface area contributed by atoms with Crippen molar-refractivity contribution in [2.75, 3.05) is 0 Å². The van der Waals surface area contributed by atoms with Gasteiger partial charge in [-0.3, -0.25) is 0 Å². The first-order valence-corrected chi connectivity index (χ1v) is 29.2. The molecule has 9 heteroatoms. The second-order valence-electron chi connectivity index (χ2n) is 18.7. The van der Waals surface area contributed by atoms with E-state index in [-0.39, 0.29) is 0 Å². The molecule has 0 fully saturated rings. The van der Waals surface area contributed by atoms with Crippen molar-refractivity contribution in [2.24, 2.45) is 0 Å². The average molecular weight is 1030 g/mol. The highest BCUT2D eigenvalue weighted by Crippen LogP contribution is 2.47. The molecule has 5 nitrogen and oxygen atoms in total. The number of thiophene rings is 2. The van der Waals surface area contributed by atoms with Crippen LogP contribution in [-0.4, -0.2) is 25.0 Å². The van der Waals surface area contributed by atoms with E-state index in [2.05, 4.69) is 78.6 Å². The van der Waals surface area contributed by atoms with Crippen LogP contribution in [-0.2, 0) is 19.4 Å². The van der Waals surface area contributed by atoms with Gasteiger partial charge in [-0.05, 0) is 101 Å². The van der Waals surface area contributed by atoms with Gasteiger partial charge < -0.3 is 0 Å². The van der Waals surface area contributed by atoms with Crippen molar-refractivity contribution in [1.82, 2.24) is 25.0 Å². The molecule has 0 saturated carbocycles. The van der Waals surface area contributed by atoms with E-state index in [4.69, 9.17) is 20.2 Å². The minimum atomic E-state index is 0.829. The number of benzene rings is 1. The van der Waals surface area contributed by atoms with E-state index in [0.29, 0.717) is 0 Å². The van der Waals surface area contributed by atoms with Gasteiger partial charge in [0.25, 0.3) is 0 Å². The van der Waals surface area contributed by atoms with Crippen LogP contribution in [0.3, 0.4) is 0 Å². The van der Waals surface area contributed by atoms with E-state index in [9.17, 15) is 0 Å². The molecule has 0 saturated heterocycles. The maximum Gasteiger partial charge on any atom is 0.124 e. The van der Waals surface area contributed by atoms with Crippen LogP contribution in [0.15, 0.2) is 19.7 Å². The van der Waals surface area contributed by atoms with E-state index in [0.717, 1.165) is 70.4 Å². The standard InChI is InChI=1S/C54H83Br2N5S2/c1-6-9-12-15-18-21-24-27-30-33-36-43-39-45(62-53(43)55)47-49-50(58-42(5)41(4)57-49)48(46-40-44(54(56)63-46)37-34-31-28-25-22-19-16-13-10-7-2)52-51(47)59-61(60-52)38-35-32-29-26-23-20-17-14-11-8-3/h39-40H,6-38H2,1-5H3. The molecule has 0 aliphatic rings. The van der Waals surface area contributed by atoms with Gasteiger partial charge in [0.15, 0.2) is 0 Å². The second kappa shape index (κ2) is 29.9. The van der Waals surface area contributed by atoms with Crippen molar-refractivity contribution in [1.29, 1.82) is 0 Å². The molecule has 350 valence electrons. The Morgan fingerprint density at radius 2 is 0.714 bits per heavy atom. The average Bonchev–Trinajstić information content (AvgIpc) is 3.98. The number of hydrogen-bond donors (Lipinski definition) is 0. The SMILES string of the molecule is CCCCCCCCCCCCc1cc(-c2c3nc(C)c(C)nc3c(-c3cc(CCCCCCCCCCCC)c(Br)s3)c3nn(CCCCCCCCCCCC)nc23)sc1Br. The summed E-state index contributed by atoms with van der Waals surface area (Å²) in [5, 5.41) is 10.8. The molecular weight excluding hydrogens is 943 g/mol. The Kier molecular flexibility index (Phi) is 24.8. The molecule has 5 rings (SSSR count). The fourth-order valence-corrected chi connectivity index (χ4v) is 12.8. The van der Waals surface area contributed by atoms with E-state index < -0.39 is 0 Å². The number of halogens is 2. The van der Waals surface area contributed by atoms with Crippen LogP contribution < -0.4 is 0 Å². The number of fused-ring (bicyclic) bond motifs is 2. The molecule has 4 heterocycles. The number of unbranched alkanes of at least 4 members (excludes halogenated alkanes) is 27. The lowest BCUT2D eigenvalue weighted by Crippen LogP contribution is -2.02. The molecule has 5 aromatic rings. The molecule has 0 unspecified atom stereocenters. The third kappa shape index (κ3) is 16.9. The Morgan fingerprint density at radius 1 is 0.413 bits per heavy atom. The van der Waals surface area contributed by atoms with Crippen molar-refractivity contribution in [2.45, 2.75) is 247 Å². The summed E-state index contributed by atoms with van der Waals surface area (Å²) >= 11 is 11.7. The molecule has 0 radical (unpaired) electrons. The lowest BCUT2D eigenvalue weighted by atomic mass is 10.00. The molecule has 0 aliphatic heterocycles. The first-order chi connectivity index (χ1) is 30.9. The number of aromatic nitrogens is 5. The maximum atomic E-state index is 5.38. The molecule has 4 aromatic heterocycles. The third-order valence-corrected chi connectivity index (χ3v) is 17.2. The maximum absolute atomic E-state index is 5.38. The van der Waals surface area contributed by atoms with Gasteiger partial charge in [-0.15, -0.1) is 22.7 Å². The van der Waals surface area contributed by atoms with Gasteiger partial charge in [0, 0.05) is 20.9 Å². The minimum Gasteiger partial charge on any atom is -0.249 e. The van der Waals surface area contributed by atoms with Gasteiger partial charge in [0.1, 0.15) is 22.1 Å². The van der Waals surface area contributed by atoms with E-state index in [1.54, 1.807) is 0 Å². The van der Waals surface area contributed by atoms with Gasteiger partial charge in [-0.2, -0.15) is 15.0 Å². The van der Waals surface area contributed by atoms with Gasteiger partial charge in [-0.25, -0.2) is 9.97 Å². The summed E-state index contributed by atoms with van der Waals surface area (Å²) in [6.07, 6.45) is 42.4. The van der Waals surface area contributed by atoms with Crippen LogP contribution in [0.5, 0.6) is 0 Å².